The number of hydrogen-bond donors (Lipinski definition) is 2. The van der Waals surface area contributed by atoms with Crippen molar-refractivity contribution in [2.24, 2.45) is 0 Å². The monoisotopic (exact) mass is 272 g/mol. The van der Waals surface area contributed by atoms with Crippen LogP contribution in [0.4, 0.5) is 0 Å². The van der Waals surface area contributed by atoms with Gasteiger partial charge in [-0.2, -0.15) is 0 Å². The quantitative estimate of drug-likeness (QED) is 0.796. The fourth-order valence-corrected chi connectivity index (χ4v) is 1.39. The summed E-state index contributed by atoms with van der Waals surface area (Å²) in [7, 11) is 0. The molecule has 0 aromatic carbocycles. The number of aromatic nitrogens is 1. The number of unbranched alkanes of at least 4 members (excludes halogenated alkanes) is 1. The van der Waals surface area contributed by atoms with Gasteiger partial charge < -0.3 is 10.4 Å². The number of hydrogen-bond acceptors (Lipinski definition) is 3. The van der Waals surface area contributed by atoms with Crippen LogP contribution in [0.3, 0.4) is 0 Å². The van der Waals surface area contributed by atoms with E-state index in [1.165, 1.54) is 0 Å². The van der Waals surface area contributed by atoms with E-state index in [-0.39, 0.29) is 12.5 Å². The Labute approximate surface area is 96.8 Å². The molecule has 5 heteroatoms. The second kappa shape index (κ2) is 6.53. The number of nitrogens with zero attached hydrogens (tertiary/aromatic N) is 1. The summed E-state index contributed by atoms with van der Waals surface area (Å²) in [6.07, 6.45) is 3.05. The molecule has 1 amide bonds. The highest BCUT2D eigenvalue weighted by Gasteiger charge is 2.05. The minimum atomic E-state index is -0.186. The predicted molar refractivity (Wildman–Crippen MR) is 60.6 cm³/mol. The van der Waals surface area contributed by atoms with Crippen molar-refractivity contribution in [3.8, 4) is 0 Å². The van der Waals surface area contributed by atoms with Crippen LogP contribution in [0.2, 0.25) is 0 Å². The second-order valence-electron chi connectivity index (χ2n) is 3.05. The van der Waals surface area contributed by atoms with Crippen molar-refractivity contribution in [2.75, 3.05) is 13.2 Å². The maximum absolute atomic E-state index is 11.5. The average Bonchev–Trinajstić information content (AvgIpc) is 2.24. The van der Waals surface area contributed by atoms with Gasteiger partial charge in [0.15, 0.2) is 0 Å². The topological polar surface area (TPSA) is 62.2 Å². The van der Waals surface area contributed by atoms with Crippen molar-refractivity contribution >= 4 is 21.8 Å². The van der Waals surface area contributed by atoms with E-state index in [0.29, 0.717) is 18.7 Å². The van der Waals surface area contributed by atoms with Crippen LogP contribution < -0.4 is 5.32 Å². The van der Waals surface area contributed by atoms with E-state index in [4.69, 9.17) is 5.11 Å². The maximum atomic E-state index is 11.5. The van der Waals surface area contributed by atoms with E-state index < -0.39 is 0 Å². The van der Waals surface area contributed by atoms with E-state index in [1.54, 1.807) is 18.3 Å². The third-order valence-electron chi connectivity index (χ3n) is 1.83. The highest BCUT2D eigenvalue weighted by atomic mass is 79.9. The van der Waals surface area contributed by atoms with Crippen molar-refractivity contribution in [3.63, 3.8) is 0 Å². The number of halogens is 1. The van der Waals surface area contributed by atoms with Crippen LogP contribution in [0.15, 0.2) is 22.8 Å². The Morgan fingerprint density at radius 2 is 2.33 bits per heavy atom. The van der Waals surface area contributed by atoms with Gasteiger partial charge in [0.2, 0.25) is 0 Å². The van der Waals surface area contributed by atoms with Crippen LogP contribution in [0, 0.1) is 0 Å². The molecule has 1 aromatic rings. The van der Waals surface area contributed by atoms with Gasteiger partial charge in [-0.25, -0.2) is 0 Å². The van der Waals surface area contributed by atoms with Crippen molar-refractivity contribution in [1.29, 1.82) is 0 Å². The van der Waals surface area contributed by atoms with Crippen LogP contribution in [0.1, 0.15) is 23.3 Å². The SMILES string of the molecule is O=C(NCCCCO)c1cc(Br)ccn1. The van der Waals surface area contributed by atoms with Gasteiger partial charge >= 0.3 is 0 Å². The number of carbonyl (C=O) groups excluding carboxylic acids is 1. The molecule has 2 N–H and O–H groups in total. The van der Waals surface area contributed by atoms with Crippen LogP contribution in [0.25, 0.3) is 0 Å². The summed E-state index contributed by atoms with van der Waals surface area (Å²) in [4.78, 5) is 15.5. The maximum Gasteiger partial charge on any atom is 0.269 e. The van der Waals surface area contributed by atoms with Crippen molar-refractivity contribution in [1.82, 2.24) is 10.3 Å². The largest absolute Gasteiger partial charge is 0.396 e. The lowest BCUT2D eigenvalue weighted by Gasteiger charge is -2.03. The second-order valence-corrected chi connectivity index (χ2v) is 3.96. The zero-order valence-electron chi connectivity index (χ0n) is 8.24. The van der Waals surface area contributed by atoms with Gasteiger partial charge in [-0.15, -0.1) is 0 Å². The normalized spacial score (nSPS) is 10.0. The number of amides is 1. The summed E-state index contributed by atoms with van der Waals surface area (Å²) in [6.45, 7) is 0.721. The van der Waals surface area contributed by atoms with E-state index in [2.05, 4.69) is 26.2 Å². The first-order valence-corrected chi connectivity index (χ1v) is 5.54. The number of aliphatic hydroxyl groups is 1. The van der Waals surface area contributed by atoms with Crippen LogP contribution in [-0.4, -0.2) is 29.1 Å². The summed E-state index contributed by atoms with van der Waals surface area (Å²) in [5.41, 5.74) is 0.397. The summed E-state index contributed by atoms with van der Waals surface area (Å²) in [5.74, 6) is -0.186. The molecule has 0 radical (unpaired) electrons. The van der Waals surface area contributed by atoms with Crippen LogP contribution in [0.5, 0.6) is 0 Å². The lowest BCUT2D eigenvalue weighted by Crippen LogP contribution is -2.25. The van der Waals surface area contributed by atoms with Gasteiger partial charge in [0, 0.05) is 23.8 Å². The Morgan fingerprint density at radius 3 is 3.00 bits per heavy atom. The van der Waals surface area contributed by atoms with E-state index >= 15 is 0 Å². The Kier molecular flexibility index (Phi) is 5.28. The molecule has 82 valence electrons. The molecule has 0 aliphatic rings. The Balaban J connectivity index is 2.40. The number of nitrogens with one attached hydrogen (secondary N) is 1. The summed E-state index contributed by atoms with van der Waals surface area (Å²) < 4.78 is 0.831. The molecule has 0 saturated heterocycles. The van der Waals surface area contributed by atoms with Gasteiger partial charge in [-0.05, 0) is 25.0 Å². The van der Waals surface area contributed by atoms with E-state index in [9.17, 15) is 4.79 Å². The van der Waals surface area contributed by atoms with E-state index in [0.717, 1.165) is 10.9 Å². The first-order valence-electron chi connectivity index (χ1n) is 4.74. The molecule has 0 spiro atoms. The third kappa shape index (κ3) is 4.40. The van der Waals surface area contributed by atoms with E-state index in [1.807, 2.05) is 0 Å². The standard InChI is InChI=1S/C10H13BrN2O2/c11-8-3-5-12-9(7-8)10(15)13-4-1-2-6-14/h3,5,7,14H,1-2,4,6H2,(H,13,15). The molecular formula is C10H13BrN2O2. The molecule has 15 heavy (non-hydrogen) atoms. The van der Waals surface area contributed by atoms with Gasteiger partial charge in [0.05, 0.1) is 0 Å². The Hall–Kier alpha value is -0.940. The van der Waals surface area contributed by atoms with Crippen molar-refractivity contribution < 1.29 is 9.90 Å². The molecule has 0 aliphatic carbocycles. The number of carbonyl (C=O) groups is 1. The van der Waals surface area contributed by atoms with Crippen LogP contribution >= 0.6 is 15.9 Å². The first-order chi connectivity index (χ1) is 7.24. The Bertz CT molecular complexity index is 331. The molecule has 0 saturated carbocycles. The Morgan fingerprint density at radius 1 is 1.53 bits per heavy atom. The zero-order chi connectivity index (χ0) is 11.1. The number of pyridine rings is 1. The lowest BCUT2D eigenvalue weighted by atomic mass is 10.3. The summed E-state index contributed by atoms with van der Waals surface area (Å²) in [6, 6.07) is 3.43. The van der Waals surface area contributed by atoms with Gasteiger partial charge in [-0.1, -0.05) is 15.9 Å². The molecule has 1 aromatic heterocycles. The lowest BCUT2D eigenvalue weighted by molar-refractivity contribution is 0.0947. The highest BCUT2D eigenvalue weighted by molar-refractivity contribution is 9.10. The predicted octanol–water partition coefficient (Wildman–Crippen LogP) is 1.35. The smallest absolute Gasteiger partial charge is 0.269 e. The molecule has 0 aliphatic heterocycles. The zero-order valence-corrected chi connectivity index (χ0v) is 9.83. The molecule has 0 atom stereocenters. The molecule has 4 nitrogen and oxygen atoms in total. The van der Waals surface area contributed by atoms with Crippen molar-refractivity contribution in [3.05, 3.63) is 28.5 Å². The highest BCUT2D eigenvalue weighted by Crippen LogP contribution is 2.08. The third-order valence-corrected chi connectivity index (χ3v) is 2.32. The van der Waals surface area contributed by atoms with Crippen molar-refractivity contribution in [2.45, 2.75) is 12.8 Å². The number of rotatable bonds is 5. The average molecular weight is 273 g/mol. The molecule has 1 heterocycles. The molecule has 0 bridgehead atoms. The minimum Gasteiger partial charge on any atom is -0.396 e. The van der Waals surface area contributed by atoms with Gasteiger partial charge in [-0.3, -0.25) is 9.78 Å². The molecule has 0 fully saturated rings. The van der Waals surface area contributed by atoms with Gasteiger partial charge in [0.1, 0.15) is 5.69 Å². The summed E-state index contributed by atoms with van der Waals surface area (Å²) >= 11 is 3.27. The molecular weight excluding hydrogens is 260 g/mol. The van der Waals surface area contributed by atoms with Crippen LogP contribution in [-0.2, 0) is 0 Å². The fraction of sp³-hybridized carbons (Fsp3) is 0.400. The number of aliphatic hydroxyl groups excluding tert-OH is 1. The minimum absolute atomic E-state index is 0.158. The van der Waals surface area contributed by atoms with Gasteiger partial charge in [0.25, 0.3) is 5.91 Å². The molecule has 1 rings (SSSR count). The first kappa shape index (κ1) is 12.1. The fourth-order valence-electron chi connectivity index (χ4n) is 1.06. The molecule has 0 unspecified atom stereocenters. The summed E-state index contributed by atoms with van der Waals surface area (Å²) in [5, 5.41) is 11.3.